The number of carbonyl (C=O) groups excluding carboxylic acids is 3. The fourth-order valence-electron chi connectivity index (χ4n) is 5.16. The van der Waals surface area contributed by atoms with Crippen LogP contribution in [0.25, 0.3) is 10.9 Å². The second-order valence-electron chi connectivity index (χ2n) is 9.03. The monoisotopic (exact) mass is 478 g/mol. The molecule has 0 fully saturated rings. The van der Waals surface area contributed by atoms with Gasteiger partial charge in [0.2, 0.25) is 11.5 Å². The van der Waals surface area contributed by atoms with Gasteiger partial charge in [-0.2, -0.15) is 0 Å². The van der Waals surface area contributed by atoms with Crippen LogP contribution in [0.3, 0.4) is 0 Å². The Balaban J connectivity index is 1.27. The maximum absolute atomic E-state index is 13.5. The molecule has 6 rings (SSSR count). The average Bonchev–Trinajstić information content (AvgIpc) is 3.16. The number of anilines is 2. The van der Waals surface area contributed by atoms with Gasteiger partial charge in [0.25, 0.3) is 11.8 Å². The zero-order valence-corrected chi connectivity index (χ0v) is 19.4. The second kappa shape index (κ2) is 8.20. The maximum atomic E-state index is 13.5. The van der Waals surface area contributed by atoms with Crippen molar-refractivity contribution < 1.29 is 14.4 Å². The first-order valence-electron chi connectivity index (χ1n) is 11.7. The number of para-hydroxylation sites is 1. The summed E-state index contributed by atoms with van der Waals surface area (Å²) < 4.78 is 0. The summed E-state index contributed by atoms with van der Waals surface area (Å²) in [4.78, 5) is 57.5. The van der Waals surface area contributed by atoms with Crippen molar-refractivity contribution in [1.82, 2.24) is 9.88 Å². The van der Waals surface area contributed by atoms with Crippen LogP contribution in [0.2, 0.25) is 0 Å². The van der Waals surface area contributed by atoms with Gasteiger partial charge in [-0.25, -0.2) is 0 Å². The number of aromatic amines is 1. The lowest BCUT2D eigenvalue weighted by Gasteiger charge is -2.40. The van der Waals surface area contributed by atoms with Crippen LogP contribution >= 0.6 is 0 Å². The third-order valence-electron chi connectivity index (χ3n) is 6.80. The molecule has 8 nitrogen and oxygen atoms in total. The maximum Gasteiger partial charge on any atom is 0.260 e. The number of nitrogens with one attached hydrogen (secondary N) is 2. The van der Waals surface area contributed by atoms with Gasteiger partial charge in [-0.05, 0) is 42.8 Å². The molecule has 3 amide bonds. The molecule has 4 aromatic rings. The molecule has 1 aromatic heterocycles. The second-order valence-corrected chi connectivity index (χ2v) is 9.03. The van der Waals surface area contributed by atoms with E-state index in [0.717, 1.165) is 16.5 Å². The van der Waals surface area contributed by atoms with Crippen LogP contribution in [0.4, 0.5) is 11.4 Å². The number of nitrogens with zero attached hydrogens (tertiary/aromatic N) is 2. The van der Waals surface area contributed by atoms with E-state index in [4.69, 9.17) is 0 Å². The molecule has 0 spiro atoms. The predicted molar refractivity (Wildman–Crippen MR) is 136 cm³/mol. The van der Waals surface area contributed by atoms with E-state index in [0.29, 0.717) is 28.0 Å². The SMILES string of the molecule is Cc1cc(=O)[nH]c2cc(NC(=O)CCN3C(=O)c4ccccc4N4C(=O)c5ccccc5[C@H]34)ccc12. The quantitative estimate of drug-likeness (QED) is 0.463. The minimum absolute atomic E-state index is 0.0387. The molecule has 2 aliphatic heterocycles. The summed E-state index contributed by atoms with van der Waals surface area (Å²) in [6, 6.07) is 21.2. The lowest BCUT2D eigenvalue weighted by Crippen LogP contribution is -2.48. The van der Waals surface area contributed by atoms with Gasteiger partial charge in [-0.3, -0.25) is 24.1 Å². The molecule has 0 bridgehead atoms. The van der Waals surface area contributed by atoms with Crippen molar-refractivity contribution in [2.45, 2.75) is 19.5 Å². The summed E-state index contributed by atoms with van der Waals surface area (Å²) in [6.45, 7) is 1.99. The Morgan fingerprint density at radius 1 is 0.917 bits per heavy atom. The third-order valence-corrected chi connectivity index (χ3v) is 6.80. The predicted octanol–water partition coefficient (Wildman–Crippen LogP) is 3.98. The molecule has 178 valence electrons. The molecule has 0 radical (unpaired) electrons. The number of fused-ring (bicyclic) bond motifs is 6. The summed E-state index contributed by atoms with van der Waals surface area (Å²) in [5, 5.41) is 3.75. The number of H-pyrrole nitrogens is 1. The number of hydrogen-bond acceptors (Lipinski definition) is 4. The van der Waals surface area contributed by atoms with E-state index in [-0.39, 0.29) is 36.2 Å². The van der Waals surface area contributed by atoms with Crippen molar-refractivity contribution in [3.05, 3.63) is 105 Å². The van der Waals surface area contributed by atoms with Gasteiger partial charge in [0.1, 0.15) is 6.17 Å². The standard InChI is InChI=1S/C28H22N4O4/c1-16-14-25(34)30-22-15-17(10-11-18(16)22)29-24(33)12-13-31-26-19-6-2-3-7-20(19)28(36)32(26)23-9-5-4-8-21(23)27(31)35/h2-11,14-15,26H,12-13H2,1H3,(H,29,33)(H,30,34)/t26-/m1/s1. The summed E-state index contributed by atoms with van der Waals surface area (Å²) in [7, 11) is 0. The van der Waals surface area contributed by atoms with Crippen LogP contribution in [0, 0.1) is 6.92 Å². The minimum Gasteiger partial charge on any atom is -0.326 e. The molecule has 0 saturated heterocycles. The molecular formula is C28H22N4O4. The van der Waals surface area contributed by atoms with E-state index in [1.54, 1.807) is 58.3 Å². The zero-order chi connectivity index (χ0) is 25.0. The van der Waals surface area contributed by atoms with E-state index in [9.17, 15) is 19.2 Å². The summed E-state index contributed by atoms with van der Waals surface area (Å²) in [6.07, 6.45) is -0.561. The third kappa shape index (κ3) is 3.38. The lowest BCUT2D eigenvalue weighted by atomic mass is 10.0. The van der Waals surface area contributed by atoms with Gasteiger partial charge >= 0.3 is 0 Å². The van der Waals surface area contributed by atoms with Gasteiger partial charge in [-0.15, -0.1) is 0 Å². The number of rotatable bonds is 4. The van der Waals surface area contributed by atoms with E-state index in [1.165, 1.54) is 6.07 Å². The van der Waals surface area contributed by atoms with E-state index < -0.39 is 6.17 Å². The first kappa shape index (κ1) is 21.8. The Bertz CT molecular complexity index is 1640. The van der Waals surface area contributed by atoms with Gasteiger partial charge in [0, 0.05) is 41.2 Å². The van der Waals surface area contributed by atoms with Crippen LogP contribution in [0.1, 0.15) is 44.4 Å². The Morgan fingerprint density at radius 2 is 1.67 bits per heavy atom. The number of benzene rings is 3. The Hall–Kier alpha value is -4.72. The highest BCUT2D eigenvalue weighted by Gasteiger charge is 2.47. The Morgan fingerprint density at radius 3 is 2.50 bits per heavy atom. The molecule has 0 saturated carbocycles. The highest BCUT2D eigenvalue weighted by atomic mass is 16.2. The summed E-state index contributed by atoms with van der Waals surface area (Å²) in [5.41, 5.74) is 4.15. The number of pyridine rings is 1. The van der Waals surface area contributed by atoms with Crippen molar-refractivity contribution >= 4 is 40.0 Å². The number of carbonyl (C=O) groups is 3. The highest BCUT2D eigenvalue weighted by molar-refractivity contribution is 6.16. The lowest BCUT2D eigenvalue weighted by molar-refractivity contribution is -0.116. The molecule has 36 heavy (non-hydrogen) atoms. The molecule has 2 N–H and O–H groups in total. The minimum atomic E-state index is -0.599. The van der Waals surface area contributed by atoms with Gasteiger partial charge in [0.05, 0.1) is 16.8 Å². The van der Waals surface area contributed by atoms with Crippen LogP contribution in [-0.4, -0.2) is 34.2 Å². The van der Waals surface area contributed by atoms with Crippen LogP contribution in [-0.2, 0) is 4.79 Å². The van der Waals surface area contributed by atoms with Crippen molar-refractivity contribution in [3.8, 4) is 0 Å². The van der Waals surface area contributed by atoms with Crippen molar-refractivity contribution in [3.63, 3.8) is 0 Å². The van der Waals surface area contributed by atoms with Crippen molar-refractivity contribution in [2.75, 3.05) is 16.8 Å². The largest absolute Gasteiger partial charge is 0.326 e. The fraction of sp³-hybridized carbons (Fsp3) is 0.143. The fourth-order valence-corrected chi connectivity index (χ4v) is 5.16. The Labute approximate surface area is 206 Å². The van der Waals surface area contributed by atoms with Crippen LogP contribution in [0.5, 0.6) is 0 Å². The molecular weight excluding hydrogens is 456 g/mol. The van der Waals surface area contributed by atoms with Crippen LogP contribution in [0.15, 0.2) is 77.6 Å². The zero-order valence-electron chi connectivity index (χ0n) is 19.4. The molecule has 0 aliphatic carbocycles. The van der Waals surface area contributed by atoms with Crippen molar-refractivity contribution in [1.29, 1.82) is 0 Å². The molecule has 3 aromatic carbocycles. The van der Waals surface area contributed by atoms with Gasteiger partial charge in [0.15, 0.2) is 0 Å². The topological polar surface area (TPSA) is 103 Å². The normalized spacial score (nSPS) is 16.1. The number of amides is 3. The number of aromatic nitrogens is 1. The summed E-state index contributed by atoms with van der Waals surface area (Å²) in [5.74, 6) is -0.659. The molecule has 0 unspecified atom stereocenters. The van der Waals surface area contributed by atoms with E-state index >= 15 is 0 Å². The number of hydrogen-bond donors (Lipinski definition) is 2. The number of aryl methyl sites for hydroxylation is 1. The van der Waals surface area contributed by atoms with Crippen LogP contribution < -0.4 is 15.8 Å². The first-order valence-corrected chi connectivity index (χ1v) is 11.7. The highest BCUT2D eigenvalue weighted by Crippen LogP contribution is 2.45. The van der Waals surface area contributed by atoms with Gasteiger partial charge < -0.3 is 15.2 Å². The molecule has 1 atom stereocenters. The summed E-state index contributed by atoms with van der Waals surface area (Å²) >= 11 is 0. The van der Waals surface area contributed by atoms with E-state index in [1.807, 2.05) is 25.1 Å². The smallest absolute Gasteiger partial charge is 0.260 e. The Kier molecular flexibility index (Phi) is 4.96. The molecule has 2 aliphatic rings. The molecule has 8 heteroatoms. The van der Waals surface area contributed by atoms with Crippen molar-refractivity contribution in [2.24, 2.45) is 0 Å². The average molecular weight is 479 g/mol. The van der Waals surface area contributed by atoms with Gasteiger partial charge in [-0.1, -0.05) is 36.4 Å². The van der Waals surface area contributed by atoms with E-state index in [2.05, 4.69) is 10.3 Å². The molecule has 3 heterocycles. The first-order chi connectivity index (χ1) is 17.4.